The molecule has 0 spiro atoms. The van der Waals surface area contributed by atoms with Gasteiger partial charge in [0.1, 0.15) is 0 Å². The van der Waals surface area contributed by atoms with Gasteiger partial charge in [0.25, 0.3) is 0 Å². The molecule has 0 aromatic heterocycles. The van der Waals surface area contributed by atoms with Crippen molar-refractivity contribution in [2.24, 2.45) is 0 Å². The molecular weight excluding hydrogens is 250 g/mol. The monoisotopic (exact) mass is 271 g/mol. The first-order chi connectivity index (χ1) is 9.72. The number of piperazine rings is 1. The Hall–Kier alpha value is -1.86. The molecule has 1 aromatic rings. The second-order valence-corrected chi connectivity index (χ2v) is 5.21. The van der Waals surface area contributed by atoms with Crippen molar-refractivity contribution in [2.45, 2.75) is 19.8 Å². The van der Waals surface area contributed by atoms with Gasteiger partial charge in [0.05, 0.1) is 18.1 Å². The Morgan fingerprint density at radius 3 is 2.40 bits per heavy atom. The molecule has 1 fully saturated rings. The maximum atomic E-state index is 12.2. The lowest BCUT2D eigenvalue weighted by Gasteiger charge is -2.34. The van der Waals surface area contributed by atoms with E-state index in [1.807, 2.05) is 17.0 Å². The number of hydrogen-bond acceptors (Lipinski definition) is 3. The van der Waals surface area contributed by atoms with Crippen LogP contribution in [0.3, 0.4) is 0 Å². The predicted molar refractivity (Wildman–Crippen MR) is 78.2 cm³/mol. The highest BCUT2D eigenvalue weighted by atomic mass is 16.2. The number of nitriles is 1. The highest BCUT2D eigenvalue weighted by Crippen LogP contribution is 2.08. The van der Waals surface area contributed by atoms with Gasteiger partial charge < -0.3 is 4.90 Å². The van der Waals surface area contributed by atoms with Crippen molar-refractivity contribution < 1.29 is 4.79 Å². The van der Waals surface area contributed by atoms with E-state index < -0.39 is 0 Å². The Labute approximate surface area is 120 Å². The number of rotatable bonds is 4. The first-order valence-electron chi connectivity index (χ1n) is 7.22. The van der Waals surface area contributed by atoms with Gasteiger partial charge in [-0.1, -0.05) is 19.1 Å². The molecule has 1 saturated heterocycles. The van der Waals surface area contributed by atoms with Gasteiger partial charge in [0, 0.05) is 26.2 Å². The number of carbonyl (C=O) groups excluding carboxylic acids is 1. The summed E-state index contributed by atoms with van der Waals surface area (Å²) in [6.45, 7) is 6.92. The Morgan fingerprint density at radius 2 is 1.85 bits per heavy atom. The number of benzene rings is 1. The molecule has 1 aromatic carbocycles. The molecule has 0 atom stereocenters. The van der Waals surface area contributed by atoms with E-state index in [4.69, 9.17) is 5.26 Å². The highest BCUT2D eigenvalue weighted by Gasteiger charge is 2.20. The van der Waals surface area contributed by atoms with Crippen molar-refractivity contribution in [3.8, 4) is 6.07 Å². The van der Waals surface area contributed by atoms with Crippen LogP contribution in [0.5, 0.6) is 0 Å². The largest absolute Gasteiger partial charge is 0.340 e. The van der Waals surface area contributed by atoms with E-state index in [1.165, 1.54) is 6.42 Å². The molecule has 0 saturated carbocycles. The van der Waals surface area contributed by atoms with E-state index >= 15 is 0 Å². The summed E-state index contributed by atoms with van der Waals surface area (Å²) in [5.41, 5.74) is 1.61. The quantitative estimate of drug-likeness (QED) is 0.836. The fourth-order valence-electron chi connectivity index (χ4n) is 2.52. The van der Waals surface area contributed by atoms with E-state index in [-0.39, 0.29) is 5.91 Å². The summed E-state index contributed by atoms with van der Waals surface area (Å²) in [6, 6.07) is 9.35. The van der Waals surface area contributed by atoms with E-state index in [0.717, 1.165) is 38.3 Å². The van der Waals surface area contributed by atoms with Crippen molar-refractivity contribution in [1.82, 2.24) is 9.80 Å². The molecule has 106 valence electrons. The van der Waals surface area contributed by atoms with E-state index in [1.54, 1.807) is 12.1 Å². The normalized spacial score (nSPS) is 15.9. The van der Waals surface area contributed by atoms with Crippen LogP contribution >= 0.6 is 0 Å². The second kappa shape index (κ2) is 7.06. The zero-order chi connectivity index (χ0) is 14.4. The number of amides is 1. The van der Waals surface area contributed by atoms with Crippen LogP contribution in [0.4, 0.5) is 0 Å². The zero-order valence-corrected chi connectivity index (χ0v) is 12.0. The van der Waals surface area contributed by atoms with Crippen LogP contribution in [0, 0.1) is 11.3 Å². The van der Waals surface area contributed by atoms with Crippen LogP contribution < -0.4 is 0 Å². The number of hydrogen-bond donors (Lipinski definition) is 0. The smallest absolute Gasteiger partial charge is 0.227 e. The maximum Gasteiger partial charge on any atom is 0.227 e. The fourth-order valence-corrected chi connectivity index (χ4v) is 2.52. The van der Waals surface area contributed by atoms with Crippen LogP contribution in [-0.4, -0.2) is 48.4 Å². The Balaban J connectivity index is 1.84. The summed E-state index contributed by atoms with van der Waals surface area (Å²) in [6.07, 6.45) is 1.60. The number of carbonyl (C=O) groups is 1. The first-order valence-corrected chi connectivity index (χ1v) is 7.22. The second-order valence-electron chi connectivity index (χ2n) is 5.21. The standard InChI is InChI=1S/C16H21N3O/c1-2-7-18-8-10-19(11-9-18)16(20)12-14-3-5-15(13-17)6-4-14/h3-6H,2,7-12H2,1H3. The van der Waals surface area contributed by atoms with Crippen LogP contribution in [0.25, 0.3) is 0 Å². The molecule has 20 heavy (non-hydrogen) atoms. The molecule has 1 aliphatic rings. The SMILES string of the molecule is CCCN1CCN(C(=O)Cc2ccc(C#N)cc2)CC1. The van der Waals surface area contributed by atoms with Gasteiger partial charge in [-0.25, -0.2) is 0 Å². The molecular formula is C16H21N3O. The van der Waals surface area contributed by atoms with Crippen LogP contribution in [0.2, 0.25) is 0 Å². The molecule has 0 N–H and O–H groups in total. The zero-order valence-electron chi connectivity index (χ0n) is 12.0. The van der Waals surface area contributed by atoms with Gasteiger partial charge in [-0.05, 0) is 30.7 Å². The van der Waals surface area contributed by atoms with Crippen LogP contribution in [-0.2, 0) is 11.2 Å². The maximum absolute atomic E-state index is 12.2. The summed E-state index contributed by atoms with van der Waals surface area (Å²) in [4.78, 5) is 16.6. The van der Waals surface area contributed by atoms with Crippen molar-refractivity contribution in [1.29, 1.82) is 5.26 Å². The Bertz CT molecular complexity index is 481. The van der Waals surface area contributed by atoms with Crippen molar-refractivity contribution in [3.63, 3.8) is 0 Å². The molecule has 4 nitrogen and oxygen atoms in total. The summed E-state index contributed by atoms with van der Waals surface area (Å²) in [7, 11) is 0. The van der Waals surface area contributed by atoms with E-state index in [2.05, 4.69) is 17.9 Å². The molecule has 1 heterocycles. The first kappa shape index (κ1) is 14.5. The molecule has 2 rings (SSSR count). The third-order valence-corrected chi connectivity index (χ3v) is 3.70. The van der Waals surface area contributed by atoms with Gasteiger partial charge in [-0.2, -0.15) is 5.26 Å². The highest BCUT2D eigenvalue weighted by molar-refractivity contribution is 5.78. The van der Waals surface area contributed by atoms with E-state index in [0.29, 0.717) is 12.0 Å². The Morgan fingerprint density at radius 1 is 1.20 bits per heavy atom. The Kier molecular flexibility index (Phi) is 5.14. The minimum absolute atomic E-state index is 0.186. The summed E-state index contributed by atoms with van der Waals surface area (Å²) < 4.78 is 0. The lowest BCUT2D eigenvalue weighted by Crippen LogP contribution is -2.49. The van der Waals surface area contributed by atoms with Crippen molar-refractivity contribution in [3.05, 3.63) is 35.4 Å². The molecule has 0 aliphatic carbocycles. The molecule has 1 amide bonds. The summed E-state index contributed by atoms with van der Waals surface area (Å²) in [5, 5.41) is 8.75. The third-order valence-electron chi connectivity index (χ3n) is 3.70. The topological polar surface area (TPSA) is 47.3 Å². The average molecular weight is 271 g/mol. The van der Waals surface area contributed by atoms with Gasteiger partial charge in [-0.15, -0.1) is 0 Å². The number of nitrogens with zero attached hydrogens (tertiary/aromatic N) is 3. The molecule has 1 aliphatic heterocycles. The lowest BCUT2D eigenvalue weighted by molar-refractivity contribution is -0.132. The molecule has 0 unspecified atom stereocenters. The molecule has 0 bridgehead atoms. The third kappa shape index (κ3) is 3.82. The minimum Gasteiger partial charge on any atom is -0.340 e. The van der Waals surface area contributed by atoms with Crippen LogP contribution in [0.1, 0.15) is 24.5 Å². The lowest BCUT2D eigenvalue weighted by atomic mass is 10.1. The van der Waals surface area contributed by atoms with Crippen molar-refractivity contribution >= 4 is 5.91 Å². The summed E-state index contributed by atoms with van der Waals surface area (Å²) >= 11 is 0. The minimum atomic E-state index is 0.186. The van der Waals surface area contributed by atoms with Gasteiger partial charge in [0.15, 0.2) is 0 Å². The van der Waals surface area contributed by atoms with Gasteiger partial charge in [0.2, 0.25) is 5.91 Å². The van der Waals surface area contributed by atoms with Gasteiger partial charge >= 0.3 is 0 Å². The molecule has 4 heteroatoms. The fraction of sp³-hybridized carbons (Fsp3) is 0.500. The van der Waals surface area contributed by atoms with Crippen LogP contribution in [0.15, 0.2) is 24.3 Å². The predicted octanol–water partition coefficient (Wildman–Crippen LogP) is 1.65. The molecule has 0 radical (unpaired) electrons. The average Bonchev–Trinajstić information content (AvgIpc) is 2.49. The van der Waals surface area contributed by atoms with Gasteiger partial charge in [-0.3, -0.25) is 9.69 Å². The van der Waals surface area contributed by atoms with Crippen molar-refractivity contribution in [2.75, 3.05) is 32.7 Å². The summed E-state index contributed by atoms with van der Waals surface area (Å²) in [5.74, 6) is 0.186. The van der Waals surface area contributed by atoms with E-state index in [9.17, 15) is 4.79 Å².